The van der Waals surface area contributed by atoms with Gasteiger partial charge in [-0.2, -0.15) is 8.42 Å². The van der Waals surface area contributed by atoms with E-state index in [0.29, 0.717) is 37.9 Å². The number of carbonyl (C=O) groups is 1. The zero-order valence-electron chi connectivity index (χ0n) is 30.0. The number of carbonyl (C=O) groups excluding carboxylic acids is 1. The Labute approximate surface area is 300 Å². The predicted molar refractivity (Wildman–Crippen MR) is 198 cm³/mol. The first kappa shape index (κ1) is 36.5. The lowest BCUT2D eigenvalue weighted by Crippen LogP contribution is -2.42. The van der Waals surface area contributed by atoms with Crippen LogP contribution < -0.4 is 19.0 Å². The van der Waals surface area contributed by atoms with E-state index in [9.17, 15) is 13.2 Å². The molecule has 0 spiro atoms. The molecule has 2 fully saturated rings. The highest BCUT2D eigenvalue weighted by atomic mass is 32.2. The largest absolute Gasteiger partial charge is 0.493 e. The Kier molecular flexibility index (Phi) is 11.4. The number of anilines is 1. The number of hydrogen-bond donors (Lipinski definition) is 1. The summed E-state index contributed by atoms with van der Waals surface area (Å²) in [5.41, 5.74) is 3.47. The molecule has 274 valence electrons. The molecule has 2 saturated heterocycles. The van der Waals surface area contributed by atoms with Crippen LogP contribution in [0.15, 0.2) is 66.7 Å². The number of methoxy groups -OCH3 is 2. The molecule has 2 aliphatic rings. The minimum absolute atomic E-state index is 0.0849. The van der Waals surface area contributed by atoms with Crippen molar-refractivity contribution in [1.29, 1.82) is 0 Å². The number of hydrogen-bond acceptors (Lipinski definition) is 10. The second-order valence-electron chi connectivity index (χ2n) is 13.4. The Morgan fingerprint density at radius 2 is 1.65 bits per heavy atom. The SMILES string of the molecule is CCOCCn1c(NC2CCN(CCC3(c4ccccc4)CCN(C(=O)c4cc(OC)c(OS(C)(=O)=O)c(OC)c4)C3)CC2)nc2ccccc21. The summed E-state index contributed by atoms with van der Waals surface area (Å²) in [5.74, 6) is 0.864. The van der Waals surface area contributed by atoms with Gasteiger partial charge in [0.25, 0.3) is 5.91 Å². The lowest BCUT2D eigenvalue weighted by molar-refractivity contribution is 0.0779. The number of benzene rings is 3. The van der Waals surface area contributed by atoms with E-state index in [1.807, 2.05) is 24.0 Å². The highest BCUT2D eigenvalue weighted by Gasteiger charge is 2.42. The maximum atomic E-state index is 14.0. The summed E-state index contributed by atoms with van der Waals surface area (Å²) < 4.78 is 47.7. The van der Waals surface area contributed by atoms with Gasteiger partial charge in [-0.3, -0.25) is 4.79 Å². The fourth-order valence-corrected chi connectivity index (χ4v) is 7.88. The Balaban J connectivity index is 1.12. The van der Waals surface area contributed by atoms with E-state index in [1.54, 1.807) is 0 Å². The molecule has 12 nitrogen and oxygen atoms in total. The highest BCUT2D eigenvalue weighted by molar-refractivity contribution is 7.86. The summed E-state index contributed by atoms with van der Waals surface area (Å²) >= 11 is 0. The Morgan fingerprint density at radius 3 is 2.31 bits per heavy atom. The van der Waals surface area contributed by atoms with Gasteiger partial charge < -0.3 is 38.1 Å². The molecule has 1 unspecified atom stereocenters. The molecule has 0 saturated carbocycles. The zero-order valence-corrected chi connectivity index (χ0v) is 30.8. The molecule has 1 aromatic heterocycles. The van der Waals surface area contributed by atoms with Gasteiger partial charge in [-0.05, 0) is 69.0 Å². The Morgan fingerprint density at radius 1 is 0.961 bits per heavy atom. The monoisotopic (exact) mass is 719 g/mol. The zero-order chi connectivity index (χ0) is 36.0. The lowest BCUT2D eigenvalue weighted by Gasteiger charge is -2.36. The molecule has 1 N–H and O–H groups in total. The number of nitrogens with zero attached hydrogens (tertiary/aromatic N) is 4. The summed E-state index contributed by atoms with van der Waals surface area (Å²) in [6.45, 7) is 8.14. The third kappa shape index (κ3) is 8.43. The number of imidazole rings is 1. The predicted octanol–water partition coefficient (Wildman–Crippen LogP) is 5.18. The Bertz CT molecular complexity index is 1890. The topological polar surface area (TPSA) is 124 Å². The summed E-state index contributed by atoms with van der Waals surface area (Å²) in [6.07, 6.45) is 4.73. The molecule has 3 heterocycles. The summed E-state index contributed by atoms with van der Waals surface area (Å²) in [6, 6.07) is 22.1. The summed E-state index contributed by atoms with van der Waals surface area (Å²) in [5, 5.41) is 3.75. The van der Waals surface area contributed by atoms with E-state index < -0.39 is 10.1 Å². The van der Waals surface area contributed by atoms with Gasteiger partial charge >= 0.3 is 10.1 Å². The number of ether oxygens (including phenoxy) is 3. The number of aromatic nitrogens is 2. The van der Waals surface area contributed by atoms with Gasteiger partial charge in [-0.1, -0.05) is 42.5 Å². The molecule has 0 radical (unpaired) electrons. The fraction of sp³-hybridized carbons (Fsp3) is 0.474. The number of para-hydroxylation sites is 2. The number of fused-ring (bicyclic) bond motifs is 1. The van der Waals surface area contributed by atoms with Crippen LogP contribution in [0.1, 0.15) is 48.5 Å². The number of piperidine rings is 1. The smallest absolute Gasteiger partial charge is 0.306 e. The van der Waals surface area contributed by atoms with Gasteiger partial charge in [-0.25, -0.2) is 4.98 Å². The van der Waals surface area contributed by atoms with Crippen molar-refractivity contribution in [3.8, 4) is 17.2 Å². The molecule has 1 amide bonds. The standard InChI is InChI=1S/C38H49N5O7S/c1-5-49-24-23-43-32-14-10-9-13-31(32)40-37(43)39-30-15-19-41(20-16-30)21-17-38(29-11-7-6-8-12-29)18-22-42(27-38)36(44)28-25-33(47-2)35(34(26-28)48-3)50-51(4,45)46/h6-14,25-26,30H,5,15-24,27H2,1-4H3,(H,39,40). The second-order valence-corrected chi connectivity index (χ2v) is 15.0. The fourth-order valence-electron chi connectivity index (χ4n) is 7.41. The van der Waals surface area contributed by atoms with E-state index in [4.69, 9.17) is 23.4 Å². The van der Waals surface area contributed by atoms with Crippen LogP contribution in [0.25, 0.3) is 11.0 Å². The van der Waals surface area contributed by atoms with Crippen molar-refractivity contribution in [3.63, 3.8) is 0 Å². The average molecular weight is 720 g/mol. The first-order chi connectivity index (χ1) is 24.6. The number of nitrogens with one attached hydrogen (secondary N) is 1. The first-order valence-corrected chi connectivity index (χ1v) is 19.5. The first-order valence-electron chi connectivity index (χ1n) is 17.6. The van der Waals surface area contributed by atoms with Gasteiger partial charge in [0.05, 0.1) is 38.1 Å². The van der Waals surface area contributed by atoms with E-state index in [-0.39, 0.29) is 28.6 Å². The van der Waals surface area contributed by atoms with Crippen molar-refractivity contribution in [2.75, 3.05) is 71.7 Å². The van der Waals surface area contributed by atoms with Crippen molar-refractivity contribution >= 4 is 33.0 Å². The minimum atomic E-state index is -3.85. The number of likely N-dealkylation sites (tertiary alicyclic amines) is 2. The number of rotatable bonds is 15. The van der Waals surface area contributed by atoms with E-state index in [2.05, 4.69) is 57.2 Å². The number of amides is 1. The summed E-state index contributed by atoms with van der Waals surface area (Å²) in [7, 11) is -1.06. The van der Waals surface area contributed by atoms with Crippen molar-refractivity contribution in [2.24, 2.45) is 0 Å². The quantitative estimate of drug-likeness (QED) is 0.130. The van der Waals surface area contributed by atoms with Crippen molar-refractivity contribution in [1.82, 2.24) is 19.4 Å². The van der Waals surface area contributed by atoms with Gasteiger partial charge in [0.1, 0.15) is 0 Å². The van der Waals surface area contributed by atoms with Crippen molar-refractivity contribution in [2.45, 2.75) is 50.6 Å². The molecular formula is C38H49N5O7S. The second kappa shape index (κ2) is 15.9. The van der Waals surface area contributed by atoms with Crippen LogP contribution in [0, 0.1) is 0 Å². The van der Waals surface area contributed by atoms with E-state index in [0.717, 1.165) is 75.1 Å². The third-order valence-electron chi connectivity index (χ3n) is 10.1. The summed E-state index contributed by atoms with van der Waals surface area (Å²) in [4.78, 5) is 23.3. The van der Waals surface area contributed by atoms with E-state index >= 15 is 0 Å². The van der Waals surface area contributed by atoms with Crippen LogP contribution in [-0.2, 0) is 26.8 Å². The van der Waals surface area contributed by atoms with Crippen LogP contribution in [0.4, 0.5) is 5.95 Å². The average Bonchev–Trinajstić information content (AvgIpc) is 3.73. The third-order valence-corrected chi connectivity index (χ3v) is 10.6. The van der Waals surface area contributed by atoms with Crippen LogP contribution in [0.3, 0.4) is 0 Å². The minimum Gasteiger partial charge on any atom is -0.493 e. The van der Waals surface area contributed by atoms with Crippen molar-refractivity contribution in [3.05, 3.63) is 77.9 Å². The molecule has 1 atom stereocenters. The van der Waals surface area contributed by atoms with Crippen LogP contribution in [-0.4, -0.2) is 106 Å². The molecule has 0 bridgehead atoms. The molecule has 13 heteroatoms. The molecule has 6 rings (SSSR count). The molecule has 51 heavy (non-hydrogen) atoms. The normalized spacial score (nSPS) is 18.6. The molecule has 3 aromatic carbocycles. The van der Waals surface area contributed by atoms with Crippen molar-refractivity contribution < 1.29 is 31.6 Å². The highest BCUT2D eigenvalue weighted by Crippen LogP contribution is 2.42. The van der Waals surface area contributed by atoms with Gasteiger partial charge in [0.15, 0.2) is 11.5 Å². The van der Waals surface area contributed by atoms with Crippen LogP contribution in [0.2, 0.25) is 0 Å². The van der Waals surface area contributed by atoms with Crippen LogP contribution in [0.5, 0.6) is 17.2 Å². The maximum absolute atomic E-state index is 14.0. The lowest BCUT2D eigenvalue weighted by atomic mass is 9.76. The van der Waals surface area contributed by atoms with Gasteiger partial charge in [0, 0.05) is 56.4 Å². The molecular weight excluding hydrogens is 671 g/mol. The van der Waals surface area contributed by atoms with Gasteiger partial charge in [0.2, 0.25) is 11.7 Å². The molecule has 4 aromatic rings. The Hall–Kier alpha value is -4.33. The molecule has 0 aliphatic carbocycles. The van der Waals surface area contributed by atoms with E-state index in [1.165, 1.54) is 31.9 Å². The maximum Gasteiger partial charge on any atom is 0.306 e. The molecule has 2 aliphatic heterocycles. The van der Waals surface area contributed by atoms with Gasteiger partial charge in [-0.15, -0.1) is 0 Å². The van der Waals surface area contributed by atoms with Crippen LogP contribution >= 0.6 is 0 Å².